The summed E-state index contributed by atoms with van der Waals surface area (Å²) < 4.78 is 34.7. The molecule has 4 rings (SSSR count). The van der Waals surface area contributed by atoms with Crippen LogP contribution in [-0.2, 0) is 14.8 Å². The summed E-state index contributed by atoms with van der Waals surface area (Å²) in [6, 6.07) is 13.4. The van der Waals surface area contributed by atoms with Crippen LogP contribution in [0.1, 0.15) is 19.4 Å². The summed E-state index contributed by atoms with van der Waals surface area (Å²) in [5, 5.41) is 23.6. The van der Waals surface area contributed by atoms with Crippen molar-refractivity contribution in [2.75, 3.05) is 19.7 Å². The minimum atomic E-state index is -3.68. The molecule has 174 valence electrons. The van der Waals surface area contributed by atoms with Crippen LogP contribution in [0.5, 0.6) is 5.75 Å². The number of ether oxygens (including phenoxy) is 1. The van der Waals surface area contributed by atoms with E-state index in [-0.39, 0.29) is 29.0 Å². The number of carboxylic acid groups (broad SMARTS) is 1. The molecule has 0 saturated carbocycles. The van der Waals surface area contributed by atoms with Gasteiger partial charge in [0.05, 0.1) is 23.0 Å². The van der Waals surface area contributed by atoms with E-state index in [0.29, 0.717) is 30.2 Å². The van der Waals surface area contributed by atoms with Crippen molar-refractivity contribution in [2.45, 2.75) is 24.8 Å². The van der Waals surface area contributed by atoms with E-state index >= 15 is 0 Å². The highest BCUT2D eigenvalue weighted by molar-refractivity contribution is 7.89. The summed E-state index contributed by atoms with van der Waals surface area (Å²) in [4.78, 5) is 11.5. The largest absolute Gasteiger partial charge is 0.494 e. The second-order valence-electron chi connectivity index (χ2n) is 8.10. The SMILES string of the molecule is CCOc1ccc(S(=O)(=O)N2CC(/C=[N+]3/N=C(C(O)C(=O)O)c4ccccc43)[C@H](C)C2)cc1. The molecular formula is C23H26N3O6S+. The number of rotatable bonds is 7. The highest BCUT2D eigenvalue weighted by atomic mass is 32.2. The summed E-state index contributed by atoms with van der Waals surface area (Å²) >= 11 is 0. The molecule has 1 saturated heterocycles. The fourth-order valence-electron chi connectivity index (χ4n) is 4.09. The Morgan fingerprint density at radius 2 is 1.94 bits per heavy atom. The fourth-order valence-corrected chi connectivity index (χ4v) is 5.67. The summed E-state index contributed by atoms with van der Waals surface area (Å²) in [7, 11) is -3.68. The summed E-state index contributed by atoms with van der Waals surface area (Å²) in [6.45, 7) is 4.94. The number of nitrogens with zero attached hydrogens (tertiary/aromatic N) is 3. The van der Waals surface area contributed by atoms with Crippen LogP contribution >= 0.6 is 0 Å². The Bertz CT molecular complexity index is 1220. The molecule has 0 aromatic heterocycles. The third-order valence-corrected chi connectivity index (χ3v) is 7.72. The van der Waals surface area contributed by atoms with E-state index in [1.54, 1.807) is 59.4 Å². The Morgan fingerprint density at radius 1 is 1.24 bits per heavy atom. The average molecular weight is 473 g/mol. The summed E-state index contributed by atoms with van der Waals surface area (Å²) in [6.07, 6.45) is 0.0563. The van der Waals surface area contributed by atoms with Crippen LogP contribution in [0.25, 0.3) is 0 Å². The number of hydrogen-bond donors (Lipinski definition) is 2. The van der Waals surface area contributed by atoms with E-state index < -0.39 is 22.1 Å². The van der Waals surface area contributed by atoms with Gasteiger partial charge >= 0.3 is 5.97 Å². The molecule has 3 atom stereocenters. The van der Waals surface area contributed by atoms with Gasteiger partial charge in [0.1, 0.15) is 5.75 Å². The van der Waals surface area contributed by atoms with Gasteiger partial charge in [-0.15, -0.1) is 0 Å². The number of hydrazone groups is 1. The zero-order valence-corrected chi connectivity index (χ0v) is 19.1. The molecule has 9 nitrogen and oxygen atoms in total. The van der Waals surface area contributed by atoms with Gasteiger partial charge in [-0.1, -0.05) is 23.7 Å². The maximum Gasteiger partial charge on any atom is 0.339 e. The first kappa shape index (κ1) is 23.1. The lowest BCUT2D eigenvalue weighted by atomic mass is 9.99. The van der Waals surface area contributed by atoms with Gasteiger partial charge in [-0.2, -0.15) is 4.31 Å². The van der Waals surface area contributed by atoms with Crippen molar-refractivity contribution in [1.29, 1.82) is 0 Å². The van der Waals surface area contributed by atoms with Crippen molar-refractivity contribution in [3.05, 3.63) is 54.1 Å². The Hall–Kier alpha value is -3.08. The molecule has 2 aromatic carbocycles. The van der Waals surface area contributed by atoms with Crippen LogP contribution in [0.2, 0.25) is 0 Å². The average Bonchev–Trinajstić information content (AvgIpc) is 3.35. The quantitative estimate of drug-likeness (QED) is 0.594. The first-order valence-electron chi connectivity index (χ1n) is 10.7. The van der Waals surface area contributed by atoms with E-state index in [9.17, 15) is 23.4 Å². The van der Waals surface area contributed by atoms with Gasteiger partial charge in [-0.05, 0) is 43.2 Å². The molecule has 0 aliphatic carbocycles. The van der Waals surface area contributed by atoms with E-state index in [1.165, 1.54) is 4.31 Å². The van der Waals surface area contributed by atoms with E-state index in [0.717, 1.165) is 0 Å². The Labute approximate surface area is 192 Å². The number of hydrogen-bond acceptors (Lipinski definition) is 6. The van der Waals surface area contributed by atoms with Crippen LogP contribution in [0.3, 0.4) is 0 Å². The smallest absolute Gasteiger partial charge is 0.339 e. The lowest BCUT2D eigenvalue weighted by Gasteiger charge is -2.16. The van der Waals surface area contributed by atoms with Crippen molar-refractivity contribution in [3.8, 4) is 5.75 Å². The van der Waals surface area contributed by atoms with Gasteiger partial charge in [-0.3, -0.25) is 0 Å². The molecule has 0 spiro atoms. The lowest BCUT2D eigenvalue weighted by molar-refractivity contribution is -0.438. The normalized spacial score (nSPS) is 22.8. The standard InChI is InChI=1S/C23H25N3O6S/c1-3-32-17-8-10-18(11-9-17)33(30,31)25-12-15(2)16(13-25)14-26-20-7-5-4-6-19(20)21(24-26)22(27)23(28)29/h4-11,14-16,22,27H,3,12-13H2,1-2H3/p+1/b26-14+/t15-,16?,22?/m1/s1. The number of aliphatic hydroxyl groups excluding tert-OH is 1. The Kier molecular flexibility index (Phi) is 6.33. The Balaban J connectivity index is 1.59. The third kappa shape index (κ3) is 4.41. The molecule has 0 radical (unpaired) electrons. The molecule has 0 bridgehead atoms. The van der Waals surface area contributed by atoms with Gasteiger partial charge in [0.25, 0.3) is 0 Å². The van der Waals surface area contributed by atoms with Gasteiger partial charge in [-0.25, -0.2) is 13.2 Å². The molecule has 2 N–H and O–H groups in total. The molecule has 2 aromatic rings. The summed E-state index contributed by atoms with van der Waals surface area (Å²) in [5.74, 6) is -0.909. The van der Waals surface area contributed by atoms with Gasteiger partial charge < -0.3 is 14.9 Å². The highest BCUT2D eigenvalue weighted by Crippen LogP contribution is 2.31. The topological polar surface area (TPSA) is 120 Å². The number of aliphatic hydroxyl groups is 1. The van der Waals surface area contributed by atoms with E-state index in [4.69, 9.17) is 4.74 Å². The van der Waals surface area contributed by atoms with Gasteiger partial charge in [0, 0.05) is 24.3 Å². The molecule has 2 heterocycles. The molecular weight excluding hydrogens is 446 g/mol. The third-order valence-electron chi connectivity index (χ3n) is 5.88. The van der Waals surface area contributed by atoms with Crippen molar-refractivity contribution < 1.29 is 32.8 Å². The number of benzene rings is 2. The maximum atomic E-state index is 13.2. The first-order chi connectivity index (χ1) is 15.7. The molecule has 33 heavy (non-hydrogen) atoms. The molecule has 2 aliphatic rings. The van der Waals surface area contributed by atoms with Crippen LogP contribution in [-0.4, -0.2) is 71.3 Å². The second-order valence-corrected chi connectivity index (χ2v) is 10.0. The Morgan fingerprint density at radius 3 is 2.61 bits per heavy atom. The molecule has 1 fully saturated rings. The van der Waals surface area contributed by atoms with Crippen LogP contribution in [0.15, 0.2) is 58.5 Å². The number of aliphatic carboxylic acids is 1. The van der Waals surface area contributed by atoms with Crippen molar-refractivity contribution in [1.82, 2.24) is 4.31 Å². The predicted octanol–water partition coefficient (Wildman–Crippen LogP) is 1.92. The molecule has 10 heteroatoms. The molecule has 0 amide bonds. The van der Waals surface area contributed by atoms with E-state index in [2.05, 4.69) is 5.10 Å². The van der Waals surface area contributed by atoms with Crippen molar-refractivity contribution in [3.63, 3.8) is 0 Å². The number of sulfonamides is 1. The van der Waals surface area contributed by atoms with Crippen LogP contribution < -0.4 is 4.74 Å². The maximum absolute atomic E-state index is 13.2. The first-order valence-corrected chi connectivity index (χ1v) is 12.1. The van der Waals surface area contributed by atoms with Gasteiger partial charge in [0.15, 0.2) is 11.9 Å². The van der Waals surface area contributed by atoms with Crippen LogP contribution in [0, 0.1) is 11.8 Å². The zero-order valence-electron chi connectivity index (χ0n) is 18.3. The van der Waals surface area contributed by atoms with Gasteiger partial charge in [0.2, 0.25) is 21.8 Å². The number of carboxylic acids is 1. The highest BCUT2D eigenvalue weighted by Gasteiger charge is 2.41. The van der Waals surface area contributed by atoms with E-state index in [1.807, 2.05) is 13.8 Å². The predicted molar refractivity (Wildman–Crippen MR) is 122 cm³/mol. The summed E-state index contributed by atoms with van der Waals surface area (Å²) in [5.41, 5.74) is 1.24. The molecule has 2 aliphatic heterocycles. The number of fused-ring (bicyclic) bond motifs is 1. The lowest BCUT2D eigenvalue weighted by Crippen LogP contribution is -2.29. The second kappa shape index (κ2) is 9.05. The number of carbonyl (C=O) groups is 1. The van der Waals surface area contributed by atoms with Crippen molar-refractivity contribution >= 4 is 33.6 Å². The monoisotopic (exact) mass is 472 g/mol. The minimum absolute atomic E-state index is 0.0123. The molecule has 2 unspecified atom stereocenters. The number of para-hydroxylation sites is 1. The fraction of sp³-hybridized carbons (Fsp3) is 0.348. The van der Waals surface area contributed by atoms with Crippen LogP contribution in [0.4, 0.5) is 5.69 Å². The minimum Gasteiger partial charge on any atom is -0.494 e. The van der Waals surface area contributed by atoms with Crippen molar-refractivity contribution in [2.24, 2.45) is 16.9 Å². The zero-order chi connectivity index (χ0) is 23.8.